The molecule has 0 bridgehead atoms. The fraction of sp³-hybridized carbons (Fsp3) is 0.857. The van der Waals surface area contributed by atoms with E-state index in [9.17, 15) is 4.79 Å². The van der Waals surface area contributed by atoms with E-state index in [1.165, 1.54) is 0 Å². The van der Waals surface area contributed by atoms with Crippen LogP contribution in [0.2, 0.25) is 0 Å². The summed E-state index contributed by atoms with van der Waals surface area (Å²) in [5, 5.41) is 0. The molecule has 0 aromatic carbocycles. The lowest BCUT2D eigenvalue weighted by Gasteiger charge is -2.09. The first-order chi connectivity index (χ1) is 5.18. The molecule has 0 aromatic heterocycles. The van der Waals surface area contributed by atoms with Crippen molar-refractivity contribution in [1.82, 2.24) is 0 Å². The van der Waals surface area contributed by atoms with Gasteiger partial charge >= 0.3 is 6.16 Å². The topological polar surface area (TPSA) is 44.8 Å². The van der Waals surface area contributed by atoms with Crippen LogP contribution in [0.15, 0.2) is 0 Å². The van der Waals surface area contributed by atoms with Crippen LogP contribution in [0.3, 0.4) is 0 Å². The highest BCUT2D eigenvalue weighted by Crippen LogP contribution is 2.06. The summed E-state index contributed by atoms with van der Waals surface area (Å²) in [7, 11) is 0. The molecule has 1 fully saturated rings. The molecular weight excluding hydrogens is 148 g/mol. The lowest BCUT2D eigenvalue weighted by Crippen LogP contribution is -2.20. The maximum atomic E-state index is 10.4. The van der Waals surface area contributed by atoms with E-state index < -0.39 is 6.16 Å². The third-order valence-electron chi connectivity index (χ3n) is 1.27. The van der Waals surface area contributed by atoms with Gasteiger partial charge in [-0.15, -0.1) is 0 Å². The van der Waals surface area contributed by atoms with Crippen molar-refractivity contribution in [2.75, 3.05) is 13.2 Å². The van der Waals surface area contributed by atoms with Crippen LogP contribution in [0.1, 0.15) is 13.8 Å². The van der Waals surface area contributed by atoms with Crippen LogP contribution < -0.4 is 0 Å². The van der Waals surface area contributed by atoms with Crippen LogP contribution in [-0.2, 0) is 14.2 Å². The summed E-state index contributed by atoms with van der Waals surface area (Å²) < 4.78 is 14.5. The van der Waals surface area contributed by atoms with Gasteiger partial charge in [0.1, 0.15) is 6.61 Å². The standard InChI is InChI=1S/C7H12O4/c1-5(2)9-3-6-4-10-7(8)11-6/h5-6H,3-4H2,1-2H3. The van der Waals surface area contributed by atoms with Gasteiger partial charge in [-0.05, 0) is 13.8 Å². The zero-order valence-electron chi connectivity index (χ0n) is 6.70. The van der Waals surface area contributed by atoms with Crippen molar-refractivity contribution in [1.29, 1.82) is 0 Å². The second-order valence-corrected chi connectivity index (χ2v) is 2.68. The Bertz CT molecular complexity index is 143. The Hall–Kier alpha value is -0.770. The highest BCUT2D eigenvalue weighted by atomic mass is 16.8. The molecule has 1 rings (SSSR count). The smallest absolute Gasteiger partial charge is 0.430 e. The Morgan fingerprint density at radius 1 is 1.73 bits per heavy atom. The minimum atomic E-state index is -0.595. The van der Waals surface area contributed by atoms with Gasteiger partial charge < -0.3 is 14.2 Å². The lowest BCUT2D eigenvalue weighted by molar-refractivity contribution is 0.0152. The minimum Gasteiger partial charge on any atom is -0.430 e. The SMILES string of the molecule is CC(C)OCC1COC(=O)O1. The molecule has 4 nitrogen and oxygen atoms in total. The second-order valence-electron chi connectivity index (χ2n) is 2.68. The molecule has 4 heteroatoms. The van der Waals surface area contributed by atoms with Gasteiger partial charge in [-0.25, -0.2) is 4.79 Å². The predicted octanol–water partition coefficient (Wildman–Crippen LogP) is 0.947. The average molecular weight is 160 g/mol. The highest BCUT2D eigenvalue weighted by Gasteiger charge is 2.24. The Morgan fingerprint density at radius 2 is 2.45 bits per heavy atom. The van der Waals surface area contributed by atoms with Gasteiger partial charge in [-0.3, -0.25) is 0 Å². The minimum absolute atomic E-state index is 0.161. The number of rotatable bonds is 3. The van der Waals surface area contributed by atoms with E-state index >= 15 is 0 Å². The number of carbonyl (C=O) groups excluding carboxylic acids is 1. The van der Waals surface area contributed by atoms with Crippen molar-refractivity contribution >= 4 is 6.16 Å². The molecule has 1 heterocycles. The Kier molecular flexibility index (Phi) is 2.70. The average Bonchev–Trinajstić information content (AvgIpc) is 2.31. The van der Waals surface area contributed by atoms with Crippen molar-refractivity contribution in [2.24, 2.45) is 0 Å². The predicted molar refractivity (Wildman–Crippen MR) is 37.3 cm³/mol. The van der Waals surface area contributed by atoms with Crippen LogP contribution in [0.25, 0.3) is 0 Å². The first-order valence-corrected chi connectivity index (χ1v) is 3.63. The summed E-state index contributed by atoms with van der Waals surface area (Å²) in [6.45, 7) is 4.59. The molecule has 64 valence electrons. The van der Waals surface area contributed by atoms with E-state index in [-0.39, 0.29) is 12.2 Å². The van der Waals surface area contributed by atoms with Gasteiger partial charge in [0.2, 0.25) is 0 Å². The number of ether oxygens (including phenoxy) is 3. The largest absolute Gasteiger partial charge is 0.508 e. The maximum absolute atomic E-state index is 10.4. The summed E-state index contributed by atoms with van der Waals surface area (Å²) in [6, 6.07) is 0. The molecule has 0 spiro atoms. The maximum Gasteiger partial charge on any atom is 0.508 e. The van der Waals surface area contributed by atoms with Gasteiger partial charge in [-0.1, -0.05) is 0 Å². The zero-order valence-corrected chi connectivity index (χ0v) is 6.70. The van der Waals surface area contributed by atoms with Crippen molar-refractivity contribution in [2.45, 2.75) is 26.1 Å². The van der Waals surface area contributed by atoms with Crippen LogP contribution in [-0.4, -0.2) is 31.6 Å². The molecule has 1 aliphatic heterocycles. The summed E-state index contributed by atoms with van der Waals surface area (Å²) in [5.41, 5.74) is 0. The van der Waals surface area contributed by atoms with Crippen molar-refractivity contribution in [3.05, 3.63) is 0 Å². The first-order valence-electron chi connectivity index (χ1n) is 3.63. The van der Waals surface area contributed by atoms with E-state index in [2.05, 4.69) is 4.74 Å². The number of hydrogen-bond donors (Lipinski definition) is 0. The molecule has 0 N–H and O–H groups in total. The molecule has 0 aliphatic carbocycles. The van der Waals surface area contributed by atoms with Crippen LogP contribution in [0.5, 0.6) is 0 Å². The van der Waals surface area contributed by atoms with E-state index in [1.807, 2.05) is 13.8 Å². The normalized spacial score (nSPS) is 23.5. The molecular formula is C7H12O4. The van der Waals surface area contributed by atoms with E-state index in [0.717, 1.165) is 0 Å². The van der Waals surface area contributed by atoms with Crippen LogP contribution >= 0.6 is 0 Å². The highest BCUT2D eigenvalue weighted by molar-refractivity contribution is 5.61. The third kappa shape index (κ3) is 2.76. The molecule has 1 aliphatic rings. The molecule has 1 unspecified atom stereocenters. The Balaban J connectivity index is 2.13. The van der Waals surface area contributed by atoms with Gasteiger partial charge in [0, 0.05) is 0 Å². The molecule has 11 heavy (non-hydrogen) atoms. The number of hydrogen-bond acceptors (Lipinski definition) is 4. The van der Waals surface area contributed by atoms with Gasteiger partial charge in [0.15, 0.2) is 6.10 Å². The van der Waals surface area contributed by atoms with E-state index in [0.29, 0.717) is 13.2 Å². The molecule has 1 saturated heterocycles. The van der Waals surface area contributed by atoms with Gasteiger partial charge in [0.25, 0.3) is 0 Å². The van der Waals surface area contributed by atoms with Crippen molar-refractivity contribution in [3.8, 4) is 0 Å². The molecule has 0 radical (unpaired) electrons. The molecule has 0 amide bonds. The third-order valence-corrected chi connectivity index (χ3v) is 1.27. The number of cyclic esters (lactones) is 2. The quantitative estimate of drug-likeness (QED) is 0.576. The van der Waals surface area contributed by atoms with Gasteiger partial charge in [-0.2, -0.15) is 0 Å². The monoisotopic (exact) mass is 160 g/mol. The molecule has 0 saturated carbocycles. The molecule has 0 aromatic rings. The van der Waals surface area contributed by atoms with E-state index in [4.69, 9.17) is 9.47 Å². The summed E-state index contributed by atoms with van der Waals surface area (Å²) in [6.07, 6.45) is -0.651. The summed E-state index contributed by atoms with van der Waals surface area (Å²) in [5.74, 6) is 0. The van der Waals surface area contributed by atoms with E-state index in [1.54, 1.807) is 0 Å². The number of carbonyl (C=O) groups is 1. The summed E-state index contributed by atoms with van der Waals surface area (Å²) in [4.78, 5) is 10.4. The van der Waals surface area contributed by atoms with Gasteiger partial charge in [0.05, 0.1) is 12.7 Å². The second kappa shape index (κ2) is 3.57. The van der Waals surface area contributed by atoms with Crippen molar-refractivity contribution in [3.63, 3.8) is 0 Å². The Morgan fingerprint density at radius 3 is 2.91 bits per heavy atom. The lowest BCUT2D eigenvalue weighted by atomic mass is 10.4. The summed E-state index contributed by atoms with van der Waals surface area (Å²) >= 11 is 0. The Labute approximate surface area is 65.4 Å². The van der Waals surface area contributed by atoms with Crippen LogP contribution in [0, 0.1) is 0 Å². The zero-order chi connectivity index (χ0) is 8.27. The van der Waals surface area contributed by atoms with Crippen LogP contribution in [0.4, 0.5) is 4.79 Å². The fourth-order valence-electron chi connectivity index (χ4n) is 0.747. The molecule has 1 atom stereocenters. The fourth-order valence-corrected chi connectivity index (χ4v) is 0.747. The first kappa shape index (κ1) is 8.33. The van der Waals surface area contributed by atoms with Crippen molar-refractivity contribution < 1.29 is 19.0 Å².